The number of nitrogens with one attached hydrogen (secondary N) is 1. The Balaban J connectivity index is 2.44. The molecule has 35 heavy (non-hydrogen) atoms. The average molecular weight is 526 g/mol. The Morgan fingerprint density at radius 1 is 0.943 bits per heavy atom. The van der Waals surface area contributed by atoms with Crippen molar-refractivity contribution in [2.45, 2.75) is 64.5 Å². The van der Waals surface area contributed by atoms with E-state index in [-0.39, 0.29) is 5.13 Å². The van der Waals surface area contributed by atoms with E-state index in [1.165, 1.54) is 0 Å². The van der Waals surface area contributed by atoms with Crippen molar-refractivity contribution in [2.24, 2.45) is 0 Å². The minimum Gasteiger partial charge on any atom is -0.463 e. The summed E-state index contributed by atoms with van der Waals surface area (Å²) < 4.78 is 64.5. The van der Waals surface area contributed by atoms with E-state index in [1.54, 1.807) is 0 Å². The Morgan fingerprint density at radius 3 is 2.00 bits per heavy atom. The lowest BCUT2D eigenvalue weighted by atomic mass is 9.97. The van der Waals surface area contributed by atoms with E-state index in [1.807, 2.05) is 0 Å². The maximum Gasteiger partial charge on any atom is 0.455 e. The second-order valence-corrected chi connectivity index (χ2v) is 8.15. The number of halogens is 3. The van der Waals surface area contributed by atoms with Crippen LogP contribution in [0.4, 0.5) is 18.3 Å². The van der Waals surface area contributed by atoms with Gasteiger partial charge in [-0.05, 0) is 0 Å². The Labute approximate surface area is 200 Å². The number of nitrogens with zero attached hydrogens (tertiary/aromatic N) is 1. The molecule has 1 saturated heterocycles. The third-order valence-electron chi connectivity index (χ3n) is 4.24. The van der Waals surface area contributed by atoms with Gasteiger partial charge in [-0.15, -0.1) is 0 Å². The summed E-state index contributed by atoms with van der Waals surface area (Å²) in [4.78, 5) is 61.0. The third kappa shape index (κ3) is 7.88. The first-order valence-electron chi connectivity index (χ1n) is 9.83. The Hall–Kier alpha value is -3.27. The summed E-state index contributed by atoms with van der Waals surface area (Å²) in [6.07, 6.45) is -11.5. The van der Waals surface area contributed by atoms with Crippen LogP contribution in [0.3, 0.4) is 0 Å². The van der Waals surface area contributed by atoms with Gasteiger partial charge in [-0.3, -0.25) is 24.0 Å². The summed E-state index contributed by atoms with van der Waals surface area (Å²) in [5.41, 5.74) is 0. The van der Waals surface area contributed by atoms with E-state index in [0.29, 0.717) is 17.5 Å². The number of esters is 4. The number of anilines is 1. The summed E-state index contributed by atoms with van der Waals surface area (Å²) >= 11 is 0.338. The SMILES string of the molecule is CC(=O)OC[C@H]1O[C@H](Nc2ncc(C(=O)C(F)(F)F)s2)[C@H](OC(C)=O)[C@@H](OC(C)=O)[C@@H]1OC(C)=O. The average Bonchev–Trinajstić information content (AvgIpc) is 3.17. The second-order valence-electron chi connectivity index (χ2n) is 7.12. The normalized spacial score (nSPS) is 24.1. The molecule has 0 amide bonds. The maximum absolute atomic E-state index is 12.7. The first-order chi connectivity index (χ1) is 16.2. The van der Waals surface area contributed by atoms with Crippen LogP contribution in [-0.4, -0.2) is 78.1 Å². The minimum atomic E-state index is -5.13. The highest BCUT2D eigenvalue weighted by Gasteiger charge is 2.52. The predicted molar refractivity (Wildman–Crippen MR) is 108 cm³/mol. The number of hydrogen-bond donors (Lipinski definition) is 1. The van der Waals surface area contributed by atoms with Gasteiger partial charge >= 0.3 is 30.1 Å². The molecule has 1 aliphatic heterocycles. The van der Waals surface area contributed by atoms with Gasteiger partial charge in [-0.1, -0.05) is 11.3 Å². The summed E-state index contributed by atoms with van der Waals surface area (Å²) in [5.74, 6) is -5.39. The molecule has 0 aliphatic carbocycles. The van der Waals surface area contributed by atoms with Crippen LogP contribution >= 0.6 is 11.3 Å². The molecule has 1 aromatic rings. The number of aromatic nitrogens is 1. The van der Waals surface area contributed by atoms with Crippen LogP contribution in [0.1, 0.15) is 37.4 Å². The topological polar surface area (TPSA) is 156 Å². The zero-order valence-electron chi connectivity index (χ0n) is 18.7. The number of hydrogen-bond acceptors (Lipinski definition) is 13. The highest BCUT2D eigenvalue weighted by atomic mass is 32.1. The number of rotatable bonds is 8. The van der Waals surface area contributed by atoms with Crippen molar-refractivity contribution in [1.82, 2.24) is 4.98 Å². The van der Waals surface area contributed by atoms with Crippen molar-refractivity contribution >= 4 is 46.1 Å². The minimum absolute atomic E-state index is 0.238. The molecule has 5 atom stereocenters. The van der Waals surface area contributed by atoms with E-state index >= 15 is 0 Å². The number of carbonyl (C=O) groups excluding carboxylic acids is 5. The highest BCUT2D eigenvalue weighted by molar-refractivity contribution is 7.17. The van der Waals surface area contributed by atoms with Crippen LogP contribution in [0, 0.1) is 0 Å². The molecule has 0 radical (unpaired) electrons. The lowest BCUT2D eigenvalue weighted by Gasteiger charge is -2.44. The molecule has 0 spiro atoms. The van der Waals surface area contributed by atoms with Crippen molar-refractivity contribution in [1.29, 1.82) is 0 Å². The van der Waals surface area contributed by atoms with Crippen LogP contribution in [0.2, 0.25) is 0 Å². The molecule has 0 unspecified atom stereocenters. The maximum atomic E-state index is 12.7. The lowest BCUT2D eigenvalue weighted by Crippen LogP contribution is -2.64. The quantitative estimate of drug-likeness (QED) is 0.295. The number of thiazole rings is 1. The van der Waals surface area contributed by atoms with Gasteiger partial charge in [0.2, 0.25) is 0 Å². The highest BCUT2D eigenvalue weighted by Crippen LogP contribution is 2.32. The second kappa shape index (κ2) is 11.4. The number of Topliss-reactive ketones (excluding diaryl/α,β-unsaturated/α-hetero) is 1. The smallest absolute Gasteiger partial charge is 0.455 e. The zero-order valence-corrected chi connectivity index (χ0v) is 19.6. The van der Waals surface area contributed by atoms with Crippen molar-refractivity contribution < 1.29 is 60.8 Å². The van der Waals surface area contributed by atoms with Crippen molar-refractivity contribution in [3.8, 4) is 0 Å². The Morgan fingerprint density at radius 2 is 1.49 bits per heavy atom. The van der Waals surface area contributed by atoms with E-state index in [0.717, 1.165) is 27.7 Å². The Kier molecular flexibility index (Phi) is 9.14. The van der Waals surface area contributed by atoms with Gasteiger partial charge in [0.25, 0.3) is 5.78 Å². The third-order valence-corrected chi connectivity index (χ3v) is 5.17. The van der Waals surface area contributed by atoms with Gasteiger partial charge < -0.3 is 29.0 Å². The van der Waals surface area contributed by atoms with Crippen LogP contribution in [0.5, 0.6) is 0 Å². The number of ketones is 1. The molecule has 194 valence electrons. The van der Waals surface area contributed by atoms with E-state index < -0.39 is 78.0 Å². The zero-order chi connectivity index (χ0) is 26.5. The van der Waals surface area contributed by atoms with Crippen LogP contribution < -0.4 is 5.32 Å². The van der Waals surface area contributed by atoms with Gasteiger partial charge in [0.1, 0.15) is 17.6 Å². The number of ether oxygens (including phenoxy) is 5. The molecule has 1 fully saturated rings. The monoisotopic (exact) mass is 526 g/mol. The molecule has 2 heterocycles. The molecule has 2 rings (SSSR count). The molecule has 1 aromatic heterocycles. The Bertz CT molecular complexity index is 982. The van der Waals surface area contributed by atoms with Crippen molar-refractivity contribution in [3.63, 3.8) is 0 Å². The first kappa shape index (κ1) is 28.0. The molecule has 1 aliphatic rings. The van der Waals surface area contributed by atoms with Gasteiger partial charge in [0.05, 0.1) is 6.20 Å². The molecule has 0 aromatic carbocycles. The molecule has 0 bridgehead atoms. The standard InChI is InChI=1S/C19H21F3N2O10S/c1-7(25)30-6-11-13(31-8(2)26)14(32-9(3)27)15(33-10(4)28)17(34-11)24-18-23-5-12(35-18)16(29)19(20,21)22/h5,11,13-15,17H,6H2,1-4H3,(H,23,24)/t11-,13-,14+,15-,17+/m1/s1. The fraction of sp³-hybridized carbons (Fsp3) is 0.579. The predicted octanol–water partition coefficient (Wildman–Crippen LogP) is 1.38. The number of carbonyl (C=O) groups is 5. The molecule has 12 nitrogen and oxygen atoms in total. The molecular weight excluding hydrogens is 505 g/mol. The summed E-state index contributed by atoms with van der Waals surface area (Å²) in [6, 6.07) is 0. The van der Waals surface area contributed by atoms with Gasteiger partial charge in [-0.25, -0.2) is 4.98 Å². The lowest BCUT2D eigenvalue weighted by molar-refractivity contribution is -0.247. The fourth-order valence-electron chi connectivity index (χ4n) is 3.05. The number of alkyl halides is 3. The molecule has 1 N–H and O–H groups in total. The fourth-order valence-corrected chi connectivity index (χ4v) is 3.85. The van der Waals surface area contributed by atoms with Gasteiger partial charge in [0, 0.05) is 27.7 Å². The van der Waals surface area contributed by atoms with E-state index in [2.05, 4.69) is 10.3 Å². The van der Waals surface area contributed by atoms with Crippen LogP contribution in [-0.2, 0) is 42.9 Å². The van der Waals surface area contributed by atoms with Crippen LogP contribution in [0.25, 0.3) is 0 Å². The largest absolute Gasteiger partial charge is 0.463 e. The van der Waals surface area contributed by atoms with E-state index in [9.17, 15) is 37.1 Å². The molecule has 0 saturated carbocycles. The van der Waals surface area contributed by atoms with E-state index in [4.69, 9.17) is 23.7 Å². The molecule has 16 heteroatoms. The van der Waals surface area contributed by atoms with Gasteiger partial charge in [0.15, 0.2) is 29.7 Å². The molecular formula is C19H21F3N2O10S. The summed E-state index contributed by atoms with van der Waals surface area (Å²) in [7, 11) is 0. The van der Waals surface area contributed by atoms with Crippen molar-refractivity contribution in [2.75, 3.05) is 11.9 Å². The summed E-state index contributed by atoms with van der Waals surface area (Å²) in [5, 5.41) is 2.34. The first-order valence-corrected chi connectivity index (χ1v) is 10.6. The van der Waals surface area contributed by atoms with Gasteiger partial charge in [-0.2, -0.15) is 13.2 Å². The van der Waals surface area contributed by atoms with Crippen molar-refractivity contribution in [3.05, 3.63) is 11.1 Å². The van der Waals surface area contributed by atoms with Crippen LogP contribution in [0.15, 0.2) is 6.20 Å². The summed E-state index contributed by atoms with van der Waals surface area (Å²) in [6.45, 7) is 3.71.